The van der Waals surface area contributed by atoms with Crippen LogP contribution in [0.15, 0.2) is 0 Å². The molecule has 0 aromatic carbocycles. The highest BCUT2D eigenvalue weighted by Crippen LogP contribution is 2.46. The predicted molar refractivity (Wildman–Crippen MR) is 71.5 cm³/mol. The lowest BCUT2D eigenvalue weighted by Crippen LogP contribution is -2.51. The van der Waals surface area contributed by atoms with E-state index in [2.05, 4.69) is 4.90 Å². The Labute approximate surface area is 119 Å². The summed E-state index contributed by atoms with van der Waals surface area (Å²) in [5.41, 5.74) is -0.0797. The molecule has 4 saturated heterocycles. The van der Waals surface area contributed by atoms with Crippen LogP contribution in [0.2, 0.25) is 0 Å². The molecule has 0 aliphatic carbocycles. The summed E-state index contributed by atoms with van der Waals surface area (Å²) in [6.45, 7) is 2.31. The Morgan fingerprint density at radius 2 is 2.10 bits per heavy atom. The van der Waals surface area contributed by atoms with Crippen molar-refractivity contribution in [1.82, 2.24) is 4.90 Å². The molecule has 5 heteroatoms. The molecule has 0 aromatic rings. The fraction of sp³-hybridized carbons (Fsp3) is 0.933. The van der Waals surface area contributed by atoms with Gasteiger partial charge in [0.15, 0.2) is 0 Å². The van der Waals surface area contributed by atoms with Gasteiger partial charge in [-0.15, -0.1) is 0 Å². The first-order valence-corrected chi connectivity index (χ1v) is 7.90. The van der Waals surface area contributed by atoms with Crippen LogP contribution in [-0.2, 0) is 14.3 Å². The van der Waals surface area contributed by atoms with E-state index in [-0.39, 0.29) is 17.6 Å². The number of ether oxygens (including phenoxy) is 2. The third kappa shape index (κ3) is 1.90. The molecule has 112 valence electrons. The summed E-state index contributed by atoms with van der Waals surface area (Å²) in [4.78, 5) is 13.9. The number of carboxylic acid groups (broad SMARTS) is 1. The fourth-order valence-corrected chi connectivity index (χ4v) is 4.98. The average Bonchev–Trinajstić information content (AvgIpc) is 3.13. The Hall–Kier alpha value is -0.650. The van der Waals surface area contributed by atoms with Gasteiger partial charge >= 0.3 is 5.97 Å². The van der Waals surface area contributed by atoms with Gasteiger partial charge in [-0.25, -0.2) is 0 Å². The van der Waals surface area contributed by atoms with Crippen molar-refractivity contribution in [3.63, 3.8) is 0 Å². The minimum atomic E-state index is -0.604. The maximum Gasteiger partial charge on any atom is 0.308 e. The highest BCUT2D eigenvalue weighted by atomic mass is 16.6. The molecule has 1 N–H and O–H groups in total. The zero-order valence-electron chi connectivity index (χ0n) is 11.8. The van der Waals surface area contributed by atoms with Crippen molar-refractivity contribution >= 4 is 5.97 Å². The molecule has 5 nitrogen and oxygen atoms in total. The summed E-state index contributed by atoms with van der Waals surface area (Å²) in [7, 11) is 0. The smallest absolute Gasteiger partial charge is 0.308 e. The van der Waals surface area contributed by atoms with Gasteiger partial charge in [0.05, 0.1) is 18.1 Å². The molecule has 4 aliphatic rings. The van der Waals surface area contributed by atoms with Crippen molar-refractivity contribution in [3.8, 4) is 0 Å². The molecule has 20 heavy (non-hydrogen) atoms. The number of rotatable bonds is 2. The predicted octanol–water partition coefficient (Wildman–Crippen LogP) is 1.26. The standard InChI is InChI=1S/C15H23NO4/c17-14(18)12-7-10-1-2-13(12)16(10)11-3-5-20-15(8-11)4-6-19-9-15/h10-13H,1-9H2,(H,17,18). The third-order valence-corrected chi connectivity index (χ3v) is 5.86. The Kier molecular flexibility index (Phi) is 3.05. The number of nitrogens with zero attached hydrogens (tertiary/aromatic N) is 1. The van der Waals surface area contributed by atoms with Crippen LogP contribution in [0.4, 0.5) is 0 Å². The van der Waals surface area contributed by atoms with Gasteiger partial charge in [0.1, 0.15) is 0 Å². The Bertz CT molecular complexity index is 407. The number of hydrogen-bond donors (Lipinski definition) is 1. The molecule has 4 aliphatic heterocycles. The first kappa shape index (κ1) is 13.0. The highest BCUT2D eigenvalue weighted by Gasteiger charge is 2.53. The van der Waals surface area contributed by atoms with Crippen molar-refractivity contribution in [1.29, 1.82) is 0 Å². The highest BCUT2D eigenvalue weighted by molar-refractivity contribution is 5.71. The lowest BCUT2D eigenvalue weighted by atomic mass is 9.88. The lowest BCUT2D eigenvalue weighted by molar-refractivity contribution is -0.143. The van der Waals surface area contributed by atoms with Gasteiger partial charge in [-0.05, 0) is 32.1 Å². The zero-order valence-corrected chi connectivity index (χ0v) is 11.8. The van der Waals surface area contributed by atoms with E-state index in [1.54, 1.807) is 0 Å². The molecule has 5 unspecified atom stereocenters. The molecular weight excluding hydrogens is 258 g/mol. The molecule has 5 atom stereocenters. The van der Waals surface area contributed by atoms with Gasteiger partial charge in [-0.2, -0.15) is 0 Å². The largest absolute Gasteiger partial charge is 0.481 e. The first-order chi connectivity index (χ1) is 9.69. The second-order valence-corrected chi connectivity index (χ2v) is 6.91. The van der Waals surface area contributed by atoms with Crippen LogP contribution in [0.25, 0.3) is 0 Å². The SMILES string of the molecule is O=C(O)C1CC2CCC1N2C1CCOC2(CCOC2)C1. The van der Waals surface area contributed by atoms with Gasteiger partial charge in [0.25, 0.3) is 0 Å². The van der Waals surface area contributed by atoms with Crippen LogP contribution >= 0.6 is 0 Å². The van der Waals surface area contributed by atoms with Gasteiger partial charge in [-0.3, -0.25) is 9.69 Å². The van der Waals surface area contributed by atoms with E-state index in [1.165, 1.54) is 6.42 Å². The fourth-order valence-electron chi connectivity index (χ4n) is 4.98. The van der Waals surface area contributed by atoms with E-state index in [1.807, 2.05) is 0 Å². The second-order valence-electron chi connectivity index (χ2n) is 6.91. The first-order valence-electron chi connectivity index (χ1n) is 7.90. The molecule has 0 radical (unpaired) electrons. The van der Waals surface area contributed by atoms with Crippen LogP contribution in [-0.4, -0.2) is 59.5 Å². The molecular formula is C15H23NO4. The van der Waals surface area contributed by atoms with Crippen LogP contribution in [0.5, 0.6) is 0 Å². The molecule has 4 rings (SSSR count). The normalized spacial score (nSPS) is 48.2. The molecule has 2 bridgehead atoms. The van der Waals surface area contributed by atoms with Gasteiger partial charge in [-0.1, -0.05) is 0 Å². The summed E-state index contributed by atoms with van der Waals surface area (Å²) >= 11 is 0. The van der Waals surface area contributed by atoms with E-state index < -0.39 is 5.97 Å². The molecule has 0 aromatic heterocycles. The van der Waals surface area contributed by atoms with Gasteiger partial charge in [0.2, 0.25) is 0 Å². The molecule has 4 fully saturated rings. The number of carbonyl (C=O) groups is 1. The number of hydrogen-bond acceptors (Lipinski definition) is 4. The Morgan fingerprint density at radius 3 is 2.80 bits per heavy atom. The van der Waals surface area contributed by atoms with Crippen molar-refractivity contribution in [2.45, 2.75) is 62.3 Å². The number of carboxylic acids is 1. The Morgan fingerprint density at radius 1 is 1.20 bits per heavy atom. The molecule has 0 saturated carbocycles. The quantitative estimate of drug-likeness (QED) is 0.826. The van der Waals surface area contributed by atoms with E-state index in [4.69, 9.17) is 9.47 Å². The lowest BCUT2D eigenvalue weighted by Gasteiger charge is -2.42. The Balaban J connectivity index is 1.51. The number of aliphatic carboxylic acids is 1. The monoisotopic (exact) mass is 281 g/mol. The van der Waals surface area contributed by atoms with Gasteiger partial charge in [0, 0.05) is 37.8 Å². The van der Waals surface area contributed by atoms with Crippen LogP contribution in [0.1, 0.15) is 38.5 Å². The molecule has 4 heterocycles. The minimum absolute atomic E-state index is 0.0797. The van der Waals surface area contributed by atoms with Crippen molar-refractivity contribution in [2.24, 2.45) is 5.92 Å². The third-order valence-electron chi connectivity index (χ3n) is 5.86. The van der Waals surface area contributed by atoms with E-state index in [9.17, 15) is 9.90 Å². The zero-order chi connectivity index (χ0) is 13.7. The summed E-state index contributed by atoms with van der Waals surface area (Å²) in [6.07, 6.45) is 6.14. The molecule has 0 amide bonds. The van der Waals surface area contributed by atoms with Crippen LogP contribution < -0.4 is 0 Å². The summed E-state index contributed by atoms with van der Waals surface area (Å²) in [6, 6.07) is 1.25. The van der Waals surface area contributed by atoms with E-state index >= 15 is 0 Å². The van der Waals surface area contributed by atoms with Crippen molar-refractivity contribution in [3.05, 3.63) is 0 Å². The van der Waals surface area contributed by atoms with Gasteiger partial charge < -0.3 is 14.6 Å². The number of fused-ring (bicyclic) bond motifs is 2. The van der Waals surface area contributed by atoms with Crippen LogP contribution in [0, 0.1) is 5.92 Å². The van der Waals surface area contributed by atoms with E-state index in [0.717, 1.165) is 51.9 Å². The summed E-state index contributed by atoms with van der Waals surface area (Å²) in [5, 5.41) is 9.39. The molecule has 1 spiro atoms. The van der Waals surface area contributed by atoms with Crippen molar-refractivity contribution in [2.75, 3.05) is 19.8 Å². The van der Waals surface area contributed by atoms with Crippen molar-refractivity contribution < 1.29 is 19.4 Å². The second kappa shape index (κ2) is 4.68. The summed E-state index contributed by atoms with van der Waals surface area (Å²) in [5.74, 6) is -0.749. The van der Waals surface area contributed by atoms with E-state index in [0.29, 0.717) is 12.1 Å². The van der Waals surface area contributed by atoms with Crippen LogP contribution in [0.3, 0.4) is 0 Å². The maximum atomic E-state index is 11.4. The summed E-state index contributed by atoms with van der Waals surface area (Å²) < 4.78 is 11.6. The maximum absolute atomic E-state index is 11.4. The topological polar surface area (TPSA) is 59.0 Å². The minimum Gasteiger partial charge on any atom is -0.481 e. The average molecular weight is 281 g/mol.